The van der Waals surface area contributed by atoms with E-state index in [1.807, 2.05) is 30.3 Å². The summed E-state index contributed by atoms with van der Waals surface area (Å²) in [6.45, 7) is 2.03. The average molecular weight is 338 g/mol. The van der Waals surface area contributed by atoms with Gasteiger partial charge >= 0.3 is 0 Å². The Morgan fingerprint density at radius 2 is 1.96 bits per heavy atom. The van der Waals surface area contributed by atoms with Gasteiger partial charge in [0.2, 0.25) is 11.8 Å². The van der Waals surface area contributed by atoms with Crippen molar-refractivity contribution in [2.24, 2.45) is 5.92 Å². The molecule has 1 fully saturated rings. The number of anilines is 1. The number of nitrogens with zero attached hydrogens (tertiary/aromatic N) is 2. The molecule has 1 saturated heterocycles. The second-order valence-electron chi connectivity index (χ2n) is 6.13. The number of hydrogen-bond acceptors (Lipinski definition) is 4. The Morgan fingerprint density at radius 1 is 1.35 bits per heavy atom. The Bertz CT molecular complexity index is 687. The Kier molecular flexibility index (Phi) is 5.09. The SMILES string of the molecule is C[C@H](CS(C)(=O)=O)N(C)C(=O)[C@@H]1CC(=O)N(c2ccccc2)C1. The van der Waals surface area contributed by atoms with Crippen LogP contribution in [0.4, 0.5) is 5.69 Å². The Labute approximate surface area is 137 Å². The largest absolute Gasteiger partial charge is 0.342 e. The Balaban J connectivity index is 2.05. The Hall–Kier alpha value is -1.89. The molecular weight excluding hydrogens is 316 g/mol. The van der Waals surface area contributed by atoms with E-state index in [0.717, 1.165) is 11.9 Å². The van der Waals surface area contributed by atoms with E-state index in [1.54, 1.807) is 18.9 Å². The first-order chi connectivity index (χ1) is 10.7. The van der Waals surface area contributed by atoms with E-state index in [-0.39, 0.29) is 24.0 Å². The van der Waals surface area contributed by atoms with Crippen molar-refractivity contribution in [2.45, 2.75) is 19.4 Å². The molecule has 0 spiro atoms. The van der Waals surface area contributed by atoms with E-state index < -0.39 is 21.8 Å². The predicted octanol–water partition coefficient (Wildman–Crippen LogP) is 0.931. The number of hydrogen-bond donors (Lipinski definition) is 0. The van der Waals surface area contributed by atoms with Crippen molar-refractivity contribution < 1.29 is 18.0 Å². The molecule has 1 aromatic rings. The lowest BCUT2D eigenvalue weighted by Crippen LogP contribution is -2.43. The van der Waals surface area contributed by atoms with Crippen LogP contribution < -0.4 is 4.90 Å². The van der Waals surface area contributed by atoms with Crippen LogP contribution in [0.3, 0.4) is 0 Å². The minimum atomic E-state index is -3.16. The van der Waals surface area contributed by atoms with Crippen molar-refractivity contribution in [3.8, 4) is 0 Å². The van der Waals surface area contributed by atoms with Crippen LogP contribution >= 0.6 is 0 Å². The molecule has 1 heterocycles. The number of carbonyl (C=O) groups excluding carboxylic acids is 2. The van der Waals surface area contributed by atoms with Crippen molar-refractivity contribution in [3.63, 3.8) is 0 Å². The molecule has 0 unspecified atom stereocenters. The van der Waals surface area contributed by atoms with Gasteiger partial charge in [0.05, 0.1) is 11.7 Å². The highest BCUT2D eigenvalue weighted by molar-refractivity contribution is 7.90. The van der Waals surface area contributed by atoms with E-state index in [2.05, 4.69) is 0 Å². The maximum atomic E-state index is 12.5. The van der Waals surface area contributed by atoms with Crippen LogP contribution in [0, 0.1) is 5.92 Å². The number of sulfone groups is 1. The molecule has 0 bridgehead atoms. The lowest BCUT2D eigenvalue weighted by Gasteiger charge is -2.27. The molecule has 7 heteroatoms. The van der Waals surface area contributed by atoms with Gasteiger partial charge in [-0.2, -0.15) is 0 Å². The maximum Gasteiger partial charge on any atom is 0.228 e. The van der Waals surface area contributed by atoms with Crippen molar-refractivity contribution in [1.29, 1.82) is 0 Å². The minimum Gasteiger partial charge on any atom is -0.342 e. The van der Waals surface area contributed by atoms with Gasteiger partial charge in [-0.1, -0.05) is 18.2 Å². The molecule has 1 aromatic carbocycles. The molecule has 23 heavy (non-hydrogen) atoms. The molecule has 126 valence electrons. The first-order valence-corrected chi connectivity index (χ1v) is 9.55. The van der Waals surface area contributed by atoms with Crippen molar-refractivity contribution in [1.82, 2.24) is 4.90 Å². The highest BCUT2D eigenvalue weighted by atomic mass is 32.2. The average Bonchev–Trinajstić information content (AvgIpc) is 2.87. The van der Waals surface area contributed by atoms with Crippen molar-refractivity contribution in [3.05, 3.63) is 30.3 Å². The standard InChI is InChI=1S/C16H22N2O4S/c1-12(11-23(3,21)22)17(2)16(20)13-9-15(19)18(10-13)14-7-5-4-6-8-14/h4-8,12-13H,9-11H2,1-3H3/t12-,13-/m1/s1. The monoisotopic (exact) mass is 338 g/mol. The predicted molar refractivity (Wildman–Crippen MR) is 88.8 cm³/mol. The summed E-state index contributed by atoms with van der Waals surface area (Å²) in [5, 5.41) is 0. The minimum absolute atomic E-state index is 0.0845. The first-order valence-electron chi connectivity index (χ1n) is 7.49. The molecule has 0 N–H and O–H groups in total. The smallest absolute Gasteiger partial charge is 0.228 e. The van der Waals surface area contributed by atoms with Gasteiger partial charge in [-0.15, -0.1) is 0 Å². The third-order valence-corrected chi connectivity index (χ3v) is 5.18. The summed E-state index contributed by atoms with van der Waals surface area (Å²) in [6.07, 6.45) is 1.31. The molecule has 0 aliphatic carbocycles. The van der Waals surface area contributed by atoms with Gasteiger partial charge in [-0.3, -0.25) is 9.59 Å². The molecule has 1 aliphatic rings. The summed E-state index contributed by atoms with van der Waals surface area (Å²) in [6, 6.07) is 8.81. The first kappa shape index (κ1) is 17.5. The van der Waals surface area contributed by atoms with Crippen LogP contribution in [0.5, 0.6) is 0 Å². The summed E-state index contributed by atoms with van der Waals surface area (Å²) in [5.41, 5.74) is 0.777. The van der Waals surface area contributed by atoms with E-state index >= 15 is 0 Å². The quantitative estimate of drug-likeness (QED) is 0.800. The number of carbonyl (C=O) groups is 2. The fourth-order valence-corrected chi connectivity index (χ4v) is 3.89. The van der Waals surface area contributed by atoms with E-state index in [1.165, 1.54) is 4.90 Å². The molecule has 2 amide bonds. The number of benzene rings is 1. The summed E-state index contributed by atoms with van der Waals surface area (Å²) in [7, 11) is -1.57. The zero-order valence-corrected chi connectivity index (χ0v) is 14.4. The Morgan fingerprint density at radius 3 is 2.52 bits per heavy atom. The summed E-state index contributed by atoms with van der Waals surface area (Å²) < 4.78 is 22.8. The molecular formula is C16H22N2O4S. The van der Waals surface area contributed by atoms with Gasteiger partial charge in [0.25, 0.3) is 0 Å². The fourth-order valence-electron chi connectivity index (χ4n) is 2.79. The summed E-state index contributed by atoms with van der Waals surface area (Å²) >= 11 is 0. The second-order valence-corrected chi connectivity index (χ2v) is 8.32. The molecule has 1 aliphatic heterocycles. The molecule has 2 atom stereocenters. The zero-order valence-electron chi connectivity index (χ0n) is 13.6. The van der Waals surface area contributed by atoms with Crippen LogP contribution in [-0.2, 0) is 19.4 Å². The maximum absolute atomic E-state index is 12.5. The third-order valence-electron chi connectivity index (χ3n) is 4.09. The highest BCUT2D eigenvalue weighted by Gasteiger charge is 2.37. The van der Waals surface area contributed by atoms with Crippen LogP contribution in [0.2, 0.25) is 0 Å². The van der Waals surface area contributed by atoms with Gasteiger partial charge in [-0.05, 0) is 19.1 Å². The van der Waals surface area contributed by atoms with Crippen LogP contribution in [0.25, 0.3) is 0 Å². The molecule has 0 aromatic heterocycles. The van der Waals surface area contributed by atoms with Gasteiger partial charge < -0.3 is 9.80 Å². The molecule has 6 nitrogen and oxygen atoms in total. The fraction of sp³-hybridized carbons (Fsp3) is 0.500. The van der Waals surface area contributed by atoms with Gasteiger partial charge in [-0.25, -0.2) is 8.42 Å². The van der Waals surface area contributed by atoms with Crippen LogP contribution in [-0.4, -0.2) is 56.8 Å². The van der Waals surface area contributed by atoms with Crippen molar-refractivity contribution >= 4 is 27.3 Å². The lowest BCUT2D eigenvalue weighted by molar-refractivity contribution is -0.135. The van der Waals surface area contributed by atoms with Gasteiger partial charge in [0.1, 0.15) is 9.84 Å². The summed E-state index contributed by atoms with van der Waals surface area (Å²) in [5.74, 6) is -0.792. The number of para-hydroxylation sites is 1. The van der Waals surface area contributed by atoms with E-state index in [0.29, 0.717) is 6.54 Å². The zero-order chi connectivity index (χ0) is 17.2. The molecule has 0 saturated carbocycles. The number of amides is 2. The molecule has 2 rings (SSSR count). The van der Waals surface area contributed by atoms with E-state index in [4.69, 9.17) is 0 Å². The highest BCUT2D eigenvalue weighted by Crippen LogP contribution is 2.26. The third kappa shape index (κ3) is 4.31. The normalized spacial score (nSPS) is 19.7. The van der Waals surface area contributed by atoms with Crippen LogP contribution in [0.15, 0.2) is 30.3 Å². The lowest BCUT2D eigenvalue weighted by atomic mass is 10.1. The topological polar surface area (TPSA) is 74.8 Å². The van der Waals surface area contributed by atoms with E-state index in [9.17, 15) is 18.0 Å². The van der Waals surface area contributed by atoms with Gasteiger partial charge in [0, 0.05) is 38.0 Å². The van der Waals surface area contributed by atoms with Crippen LogP contribution in [0.1, 0.15) is 13.3 Å². The second kappa shape index (κ2) is 6.70. The van der Waals surface area contributed by atoms with Gasteiger partial charge in [0.15, 0.2) is 0 Å². The summed E-state index contributed by atoms with van der Waals surface area (Å²) in [4.78, 5) is 27.8. The number of rotatable bonds is 5. The van der Waals surface area contributed by atoms with Crippen molar-refractivity contribution in [2.75, 3.05) is 30.5 Å². The molecule has 0 radical (unpaired) electrons.